The molecule has 0 spiro atoms. The molecule has 3 heteroatoms. The molecule has 0 bridgehead atoms. The van der Waals surface area contributed by atoms with Gasteiger partial charge in [0.15, 0.2) is 0 Å². The zero-order chi connectivity index (χ0) is 10.8. The van der Waals surface area contributed by atoms with Crippen molar-refractivity contribution in [2.75, 3.05) is 0 Å². The Morgan fingerprint density at radius 2 is 2.20 bits per heavy atom. The van der Waals surface area contributed by atoms with E-state index in [9.17, 15) is 5.11 Å². The van der Waals surface area contributed by atoms with Crippen LogP contribution in [0.5, 0.6) is 5.75 Å². The number of ether oxygens (including phenoxy) is 1. The van der Waals surface area contributed by atoms with Crippen LogP contribution >= 0.6 is 0 Å². The first-order chi connectivity index (χ1) is 7.24. The minimum Gasteiger partial charge on any atom is -0.490 e. The maximum absolute atomic E-state index is 10.1. The van der Waals surface area contributed by atoms with Crippen molar-refractivity contribution in [1.82, 2.24) is 0 Å². The average Bonchev–Trinajstić information content (AvgIpc) is 2.24. The fourth-order valence-electron chi connectivity index (χ4n) is 1.99. The Bertz CT molecular complexity index is 397. The van der Waals surface area contributed by atoms with Crippen molar-refractivity contribution in [3.8, 4) is 11.8 Å². The van der Waals surface area contributed by atoms with Gasteiger partial charge in [-0.05, 0) is 13.0 Å². The molecule has 0 unspecified atom stereocenters. The third kappa shape index (κ3) is 1.69. The van der Waals surface area contributed by atoms with E-state index in [1.807, 2.05) is 31.2 Å². The number of hydrogen-bond donors (Lipinski definition) is 1. The highest BCUT2D eigenvalue weighted by Crippen LogP contribution is 2.39. The van der Waals surface area contributed by atoms with Gasteiger partial charge in [-0.3, -0.25) is 0 Å². The number of para-hydroxylation sites is 1. The lowest BCUT2D eigenvalue weighted by molar-refractivity contribution is 0.0102. The van der Waals surface area contributed by atoms with Crippen molar-refractivity contribution in [3.05, 3.63) is 29.8 Å². The van der Waals surface area contributed by atoms with Crippen molar-refractivity contribution in [3.63, 3.8) is 0 Å². The van der Waals surface area contributed by atoms with Crippen molar-refractivity contribution in [1.29, 1.82) is 5.26 Å². The van der Waals surface area contributed by atoms with Gasteiger partial charge in [0.25, 0.3) is 0 Å². The number of benzene rings is 1. The molecule has 0 fully saturated rings. The predicted octanol–water partition coefficient (Wildman–Crippen LogP) is 2.03. The number of nitrogens with zero attached hydrogens (tertiary/aromatic N) is 1. The second-order valence-corrected chi connectivity index (χ2v) is 3.83. The van der Waals surface area contributed by atoms with Gasteiger partial charge in [-0.2, -0.15) is 5.26 Å². The highest BCUT2D eigenvalue weighted by atomic mass is 16.5. The van der Waals surface area contributed by atoms with Gasteiger partial charge in [0, 0.05) is 17.9 Å². The second-order valence-electron chi connectivity index (χ2n) is 3.83. The molecule has 0 amide bonds. The lowest BCUT2D eigenvalue weighted by Crippen LogP contribution is -2.33. The number of aliphatic hydroxyl groups is 1. The van der Waals surface area contributed by atoms with E-state index in [1.165, 1.54) is 0 Å². The van der Waals surface area contributed by atoms with Crippen molar-refractivity contribution >= 4 is 0 Å². The summed E-state index contributed by atoms with van der Waals surface area (Å²) in [6.07, 6.45) is -0.393. The summed E-state index contributed by atoms with van der Waals surface area (Å²) in [5.74, 6) is 0.594. The second kappa shape index (κ2) is 3.92. The summed E-state index contributed by atoms with van der Waals surface area (Å²) in [6.45, 7) is 1.89. The van der Waals surface area contributed by atoms with Crippen LogP contribution in [0.3, 0.4) is 0 Å². The summed E-state index contributed by atoms with van der Waals surface area (Å²) in [6, 6.07) is 9.52. The minimum atomic E-state index is -0.593. The molecule has 15 heavy (non-hydrogen) atoms. The zero-order valence-electron chi connectivity index (χ0n) is 8.55. The first-order valence-electron chi connectivity index (χ1n) is 5.04. The quantitative estimate of drug-likeness (QED) is 0.759. The van der Waals surface area contributed by atoms with Crippen LogP contribution in [-0.2, 0) is 0 Å². The van der Waals surface area contributed by atoms with E-state index in [0.29, 0.717) is 6.42 Å². The Kier molecular flexibility index (Phi) is 2.61. The number of nitriles is 1. The lowest BCUT2D eigenvalue weighted by atomic mass is 9.86. The fourth-order valence-corrected chi connectivity index (χ4v) is 1.99. The molecule has 1 heterocycles. The van der Waals surface area contributed by atoms with E-state index >= 15 is 0 Å². The third-order valence-electron chi connectivity index (χ3n) is 2.89. The highest BCUT2D eigenvalue weighted by molar-refractivity contribution is 5.37. The van der Waals surface area contributed by atoms with Crippen molar-refractivity contribution in [2.45, 2.75) is 25.6 Å². The van der Waals surface area contributed by atoms with E-state index < -0.39 is 6.10 Å². The molecule has 1 N–H and O–H groups in total. The summed E-state index contributed by atoms with van der Waals surface area (Å²) in [5.41, 5.74) is 0.788. The number of fused-ring (bicyclic) bond motifs is 1. The lowest BCUT2D eigenvalue weighted by Gasteiger charge is -2.34. The molecule has 1 aliphatic heterocycles. The SMILES string of the molecule is C[C@@H]1Oc2ccccc2[C@@H](O)[C@H]1CC#N. The molecule has 0 radical (unpaired) electrons. The van der Waals surface area contributed by atoms with Gasteiger partial charge in [0.2, 0.25) is 0 Å². The molecule has 0 aromatic heterocycles. The molecule has 1 aromatic carbocycles. The molecular weight excluding hydrogens is 190 g/mol. The van der Waals surface area contributed by atoms with Gasteiger partial charge in [0.05, 0.1) is 12.2 Å². The largest absolute Gasteiger partial charge is 0.490 e. The number of hydrogen-bond acceptors (Lipinski definition) is 3. The van der Waals surface area contributed by atoms with Crippen LogP contribution in [0, 0.1) is 17.2 Å². The first-order valence-corrected chi connectivity index (χ1v) is 5.04. The van der Waals surface area contributed by atoms with E-state index in [1.54, 1.807) is 0 Å². The van der Waals surface area contributed by atoms with Crippen LogP contribution in [-0.4, -0.2) is 11.2 Å². The van der Waals surface area contributed by atoms with Gasteiger partial charge in [-0.25, -0.2) is 0 Å². The molecule has 0 saturated heterocycles. The maximum atomic E-state index is 10.1. The van der Waals surface area contributed by atoms with Crippen LogP contribution in [0.4, 0.5) is 0 Å². The van der Waals surface area contributed by atoms with Crippen LogP contribution in [0.25, 0.3) is 0 Å². The van der Waals surface area contributed by atoms with Crippen molar-refractivity contribution in [2.24, 2.45) is 5.92 Å². The Morgan fingerprint density at radius 1 is 1.47 bits per heavy atom. The summed E-state index contributed by atoms with van der Waals surface area (Å²) in [4.78, 5) is 0. The van der Waals surface area contributed by atoms with Gasteiger partial charge in [-0.1, -0.05) is 18.2 Å². The highest BCUT2D eigenvalue weighted by Gasteiger charge is 2.34. The van der Waals surface area contributed by atoms with Crippen LogP contribution in [0.2, 0.25) is 0 Å². The standard InChI is InChI=1S/C12H13NO2/c1-8-9(6-7-13)12(14)10-4-2-3-5-11(10)15-8/h2-5,8-9,12,14H,6H2,1H3/t8-,9-,12-/m0/s1. The molecule has 1 aromatic rings. The average molecular weight is 203 g/mol. The van der Waals surface area contributed by atoms with Gasteiger partial charge in [0.1, 0.15) is 11.9 Å². The Balaban J connectivity index is 2.35. The Morgan fingerprint density at radius 3 is 2.93 bits per heavy atom. The van der Waals surface area contributed by atoms with Crippen molar-refractivity contribution < 1.29 is 9.84 Å². The molecule has 0 saturated carbocycles. The Hall–Kier alpha value is -1.53. The molecule has 78 valence electrons. The molecule has 1 aliphatic rings. The van der Waals surface area contributed by atoms with Gasteiger partial charge >= 0.3 is 0 Å². The minimum absolute atomic E-state index is 0.116. The zero-order valence-corrected chi connectivity index (χ0v) is 8.55. The summed E-state index contributed by atoms with van der Waals surface area (Å²) in [5, 5.41) is 18.8. The van der Waals surface area contributed by atoms with E-state index in [-0.39, 0.29) is 12.0 Å². The van der Waals surface area contributed by atoms with Crippen LogP contribution in [0.15, 0.2) is 24.3 Å². The Labute approximate surface area is 88.9 Å². The van der Waals surface area contributed by atoms with Gasteiger partial charge < -0.3 is 9.84 Å². The monoisotopic (exact) mass is 203 g/mol. The molecule has 2 rings (SSSR count). The summed E-state index contributed by atoms with van der Waals surface area (Å²) < 4.78 is 5.66. The summed E-state index contributed by atoms with van der Waals surface area (Å²) in [7, 11) is 0. The number of rotatable bonds is 1. The maximum Gasteiger partial charge on any atom is 0.125 e. The first kappa shape index (κ1) is 10.0. The molecule has 3 atom stereocenters. The molecular formula is C12H13NO2. The summed E-state index contributed by atoms with van der Waals surface area (Å²) >= 11 is 0. The van der Waals surface area contributed by atoms with Gasteiger partial charge in [-0.15, -0.1) is 0 Å². The third-order valence-corrected chi connectivity index (χ3v) is 2.89. The van der Waals surface area contributed by atoms with E-state index in [0.717, 1.165) is 11.3 Å². The predicted molar refractivity (Wildman–Crippen MR) is 55.2 cm³/mol. The van der Waals surface area contributed by atoms with E-state index in [2.05, 4.69) is 6.07 Å². The fraction of sp³-hybridized carbons (Fsp3) is 0.417. The van der Waals surface area contributed by atoms with Crippen LogP contribution in [0.1, 0.15) is 25.0 Å². The topological polar surface area (TPSA) is 53.2 Å². The number of aliphatic hydroxyl groups excluding tert-OH is 1. The smallest absolute Gasteiger partial charge is 0.125 e. The van der Waals surface area contributed by atoms with Crippen LogP contribution < -0.4 is 4.74 Å². The normalized spacial score (nSPS) is 28.7. The molecule has 0 aliphatic carbocycles. The van der Waals surface area contributed by atoms with E-state index in [4.69, 9.17) is 10.00 Å². The molecule has 3 nitrogen and oxygen atoms in total.